The lowest BCUT2D eigenvalue weighted by atomic mass is 10.0. The maximum Gasteiger partial charge on any atom is 0.357 e. The summed E-state index contributed by atoms with van der Waals surface area (Å²) in [5.41, 5.74) is 4.47. The number of rotatable bonds is 5. The summed E-state index contributed by atoms with van der Waals surface area (Å²) in [5.74, 6) is -0.443. The molecule has 0 fully saturated rings. The smallest absolute Gasteiger partial charge is 0.357 e. The molecule has 0 bridgehead atoms. The van der Waals surface area contributed by atoms with Gasteiger partial charge in [-0.1, -0.05) is 54.6 Å². The van der Waals surface area contributed by atoms with Crippen molar-refractivity contribution in [2.24, 2.45) is 10.2 Å². The van der Waals surface area contributed by atoms with Crippen LogP contribution in [0.25, 0.3) is 22.0 Å². The molecule has 0 atom stereocenters. The first-order chi connectivity index (χ1) is 13.8. The summed E-state index contributed by atoms with van der Waals surface area (Å²) in [4.78, 5) is 15.6. The Morgan fingerprint density at radius 2 is 1.61 bits per heavy atom. The number of nitrogens with zero attached hydrogens (tertiary/aromatic N) is 2. The monoisotopic (exact) mass is 369 g/mol. The molecule has 0 aliphatic heterocycles. The average molecular weight is 369 g/mol. The van der Waals surface area contributed by atoms with Crippen LogP contribution in [0.5, 0.6) is 0 Å². The standard InChI is InChI=1S/C23H19N3O2/c1-2-28-23(27)22-21(26-25-18-11-7-4-8-12-18)19-14-13-17(15-20(19)24-22)16-9-5-3-6-10-16/h3-15,24H,2H2,1H3. The lowest BCUT2D eigenvalue weighted by Crippen LogP contribution is -2.04. The molecule has 0 aliphatic carbocycles. The topological polar surface area (TPSA) is 66.8 Å². The van der Waals surface area contributed by atoms with Crippen LogP contribution in [0.15, 0.2) is 89.1 Å². The number of ether oxygens (including phenoxy) is 1. The van der Waals surface area contributed by atoms with Gasteiger partial charge in [0.2, 0.25) is 0 Å². The van der Waals surface area contributed by atoms with Gasteiger partial charge in [-0.3, -0.25) is 0 Å². The van der Waals surface area contributed by atoms with Crippen LogP contribution in [0.4, 0.5) is 11.4 Å². The Balaban J connectivity index is 1.82. The molecule has 0 amide bonds. The quantitative estimate of drug-likeness (QED) is 0.325. The highest BCUT2D eigenvalue weighted by Crippen LogP contribution is 2.35. The number of benzene rings is 3. The number of esters is 1. The van der Waals surface area contributed by atoms with Gasteiger partial charge in [0.15, 0.2) is 5.69 Å². The molecular formula is C23H19N3O2. The second-order valence-corrected chi connectivity index (χ2v) is 6.23. The summed E-state index contributed by atoms with van der Waals surface area (Å²) in [6, 6.07) is 25.5. The van der Waals surface area contributed by atoms with Gasteiger partial charge in [0.05, 0.1) is 12.3 Å². The van der Waals surface area contributed by atoms with Gasteiger partial charge in [-0.05, 0) is 42.3 Å². The predicted octanol–water partition coefficient (Wildman–Crippen LogP) is 6.43. The summed E-state index contributed by atoms with van der Waals surface area (Å²) in [7, 11) is 0. The lowest BCUT2D eigenvalue weighted by molar-refractivity contribution is 0.0521. The van der Waals surface area contributed by atoms with E-state index < -0.39 is 5.97 Å². The van der Waals surface area contributed by atoms with Crippen LogP contribution >= 0.6 is 0 Å². The van der Waals surface area contributed by atoms with Crippen LogP contribution in [0.2, 0.25) is 0 Å². The molecule has 0 unspecified atom stereocenters. The van der Waals surface area contributed by atoms with Gasteiger partial charge >= 0.3 is 5.97 Å². The number of carbonyl (C=O) groups excluding carboxylic acids is 1. The van der Waals surface area contributed by atoms with Gasteiger partial charge in [-0.15, -0.1) is 5.11 Å². The minimum Gasteiger partial charge on any atom is -0.461 e. The molecule has 1 heterocycles. The van der Waals surface area contributed by atoms with Crippen molar-refractivity contribution < 1.29 is 9.53 Å². The van der Waals surface area contributed by atoms with E-state index in [1.54, 1.807) is 6.92 Å². The van der Waals surface area contributed by atoms with Crippen molar-refractivity contribution in [1.82, 2.24) is 4.98 Å². The molecule has 0 aliphatic rings. The van der Waals surface area contributed by atoms with Crippen LogP contribution in [0.1, 0.15) is 17.4 Å². The van der Waals surface area contributed by atoms with E-state index in [9.17, 15) is 4.79 Å². The van der Waals surface area contributed by atoms with E-state index in [2.05, 4.69) is 15.2 Å². The summed E-state index contributed by atoms with van der Waals surface area (Å²) >= 11 is 0. The van der Waals surface area contributed by atoms with Crippen molar-refractivity contribution in [2.45, 2.75) is 6.92 Å². The van der Waals surface area contributed by atoms with Crippen molar-refractivity contribution in [3.63, 3.8) is 0 Å². The largest absolute Gasteiger partial charge is 0.461 e. The van der Waals surface area contributed by atoms with Crippen LogP contribution in [-0.2, 0) is 4.74 Å². The Hall–Kier alpha value is -3.73. The van der Waals surface area contributed by atoms with Crippen LogP contribution in [0.3, 0.4) is 0 Å². The molecule has 4 aromatic rings. The summed E-state index contributed by atoms with van der Waals surface area (Å²) < 4.78 is 5.19. The Morgan fingerprint density at radius 3 is 2.32 bits per heavy atom. The first kappa shape index (κ1) is 17.7. The molecule has 0 radical (unpaired) electrons. The van der Waals surface area contributed by atoms with Gasteiger partial charge in [0, 0.05) is 10.9 Å². The zero-order valence-corrected chi connectivity index (χ0v) is 15.4. The zero-order chi connectivity index (χ0) is 19.3. The van der Waals surface area contributed by atoms with E-state index in [-0.39, 0.29) is 0 Å². The number of azo groups is 1. The third kappa shape index (κ3) is 3.55. The number of fused-ring (bicyclic) bond motifs is 1. The Labute approximate surface area is 162 Å². The summed E-state index contributed by atoms with van der Waals surface area (Å²) in [6.07, 6.45) is 0. The molecule has 1 N–H and O–H groups in total. The molecule has 138 valence electrons. The van der Waals surface area contributed by atoms with Crippen LogP contribution < -0.4 is 0 Å². The lowest BCUT2D eigenvalue weighted by Gasteiger charge is -2.01. The van der Waals surface area contributed by atoms with E-state index in [1.807, 2.05) is 78.9 Å². The molecule has 0 saturated heterocycles. The van der Waals surface area contributed by atoms with Gasteiger partial charge in [-0.25, -0.2) is 4.79 Å². The van der Waals surface area contributed by atoms with Gasteiger partial charge in [0.1, 0.15) is 5.69 Å². The minimum absolute atomic E-state index is 0.290. The third-order valence-electron chi connectivity index (χ3n) is 4.38. The summed E-state index contributed by atoms with van der Waals surface area (Å²) in [6.45, 7) is 2.07. The van der Waals surface area contributed by atoms with E-state index >= 15 is 0 Å². The second kappa shape index (κ2) is 7.88. The van der Waals surface area contributed by atoms with Crippen molar-refractivity contribution >= 4 is 28.2 Å². The molecular weight excluding hydrogens is 350 g/mol. The Bertz CT molecular complexity index is 1130. The van der Waals surface area contributed by atoms with E-state index in [4.69, 9.17) is 4.74 Å². The first-order valence-electron chi connectivity index (χ1n) is 9.11. The van der Waals surface area contributed by atoms with Crippen molar-refractivity contribution in [3.8, 4) is 11.1 Å². The van der Waals surface area contributed by atoms with Crippen molar-refractivity contribution in [3.05, 3.63) is 84.6 Å². The molecule has 3 aromatic carbocycles. The number of carbonyl (C=O) groups is 1. The molecule has 0 spiro atoms. The van der Waals surface area contributed by atoms with E-state index in [0.29, 0.717) is 23.7 Å². The number of nitrogens with one attached hydrogen (secondary N) is 1. The molecule has 5 heteroatoms. The fourth-order valence-electron chi connectivity index (χ4n) is 3.05. The number of H-pyrrole nitrogens is 1. The van der Waals surface area contributed by atoms with Crippen molar-refractivity contribution in [2.75, 3.05) is 6.61 Å². The first-order valence-corrected chi connectivity index (χ1v) is 9.11. The molecule has 5 nitrogen and oxygen atoms in total. The average Bonchev–Trinajstić information content (AvgIpc) is 3.12. The number of hydrogen-bond acceptors (Lipinski definition) is 4. The van der Waals surface area contributed by atoms with E-state index in [1.165, 1.54) is 0 Å². The molecule has 1 aromatic heterocycles. The van der Waals surface area contributed by atoms with Gasteiger partial charge in [-0.2, -0.15) is 5.11 Å². The van der Waals surface area contributed by atoms with E-state index in [0.717, 1.165) is 22.0 Å². The Kier molecular flexibility index (Phi) is 4.97. The molecule has 28 heavy (non-hydrogen) atoms. The van der Waals surface area contributed by atoms with Crippen LogP contribution in [-0.4, -0.2) is 17.6 Å². The fourth-order valence-corrected chi connectivity index (χ4v) is 3.05. The second-order valence-electron chi connectivity index (χ2n) is 6.23. The maximum atomic E-state index is 12.4. The maximum absolute atomic E-state index is 12.4. The highest BCUT2D eigenvalue weighted by Gasteiger charge is 2.19. The third-order valence-corrected chi connectivity index (χ3v) is 4.38. The predicted molar refractivity (Wildman–Crippen MR) is 110 cm³/mol. The van der Waals surface area contributed by atoms with Gasteiger partial charge < -0.3 is 9.72 Å². The minimum atomic E-state index is -0.443. The fraction of sp³-hybridized carbons (Fsp3) is 0.0870. The normalized spacial score (nSPS) is 11.2. The van der Waals surface area contributed by atoms with Crippen LogP contribution in [0, 0.1) is 0 Å². The van der Waals surface area contributed by atoms with Gasteiger partial charge in [0.25, 0.3) is 0 Å². The number of aromatic amines is 1. The SMILES string of the molecule is CCOC(=O)c1[nH]c2cc(-c3ccccc3)ccc2c1N=Nc1ccccc1. The number of hydrogen-bond donors (Lipinski definition) is 1. The van der Waals surface area contributed by atoms with Crippen molar-refractivity contribution in [1.29, 1.82) is 0 Å². The summed E-state index contributed by atoms with van der Waals surface area (Å²) in [5, 5.41) is 9.46. The zero-order valence-electron chi connectivity index (χ0n) is 15.4. The Morgan fingerprint density at radius 1 is 0.893 bits per heavy atom. The molecule has 0 saturated carbocycles. The number of aromatic nitrogens is 1. The molecule has 4 rings (SSSR count). The highest BCUT2D eigenvalue weighted by atomic mass is 16.5. The highest BCUT2D eigenvalue weighted by molar-refractivity contribution is 6.05.